The molecule has 0 saturated carbocycles. The minimum Gasteiger partial charge on any atom is 1.00 e. The Hall–Kier alpha value is -0.758. The summed E-state index contributed by atoms with van der Waals surface area (Å²) >= 11 is -0.106. The van der Waals surface area contributed by atoms with E-state index in [1.807, 2.05) is 133 Å². The maximum absolute atomic E-state index is 11.3. The fraction of sp³-hybridized carbons (Fsp3) is 0. The van der Waals surface area contributed by atoms with Crippen LogP contribution < -0.4 is 90.9 Å². The standard InChI is InChI=1S/2C18H15O3PS.2ClH.2Na.Pd/c2*19-23(20,21)18-13-7-12-17(14-18)22(15-8-3-1-4-9-15)16-10-5-2-6-11-16;;;;;/h2*1-14H,(H,19,20,21);2*1H;;;/q;;;;2*+1;+2/p-4. The van der Waals surface area contributed by atoms with Gasteiger partial charge in [0.2, 0.25) is 0 Å². The van der Waals surface area contributed by atoms with E-state index in [-0.39, 0.29) is 84.8 Å². The summed E-state index contributed by atoms with van der Waals surface area (Å²) in [6, 6.07) is 52.3. The van der Waals surface area contributed by atoms with Crippen LogP contribution in [-0.2, 0) is 36.2 Å². The molecular weight excluding hydrogens is 878 g/mol. The Kier molecular flexibility index (Phi) is 21.1. The van der Waals surface area contributed by atoms with Crippen molar-refractivity contribution in [1.82, 2.24) is 0 Å². The zero-order chi connectivity index (χ0) is 35.3. The van der Waals surface area contributed by atoms with Crippen LogP contribution in [0.4, 0.5) is 0 Å². The van der Waals surface area contributed by atoms with E-state index in [1.165, 1.54) is 24.3 Å². The van der Waals surface area contributed by atoms with E-state index in [1.54, 1.807) is 12.1 Å². The molecule has 0 saturated heterocycles. The number of halogens is 2. The van der Waals surface area contributed by atoms with Gasteiger partial charge in [-0.1, -0.05) is 146 Å². The first kappa shape index (κ1) is 46.4. The first-order chi connectivity index (χ1) is 23.5. The second kappa shape index (κ2) is 23.2. The number of benzene rings is 6. The summed E-state index contributed by atoms with van der Waals surface area (Å²) in [5, 5.41) is 6.11. The predicted molar refractivity (Wildman–Crippen MR) is 198 cm³/mol. The molecule has 6 aromatic rings. The Bertz CT molecular complexity index is 1910. The first-order valence-corrected chi connectivity index (χ1v) is 23.8. The topological polar surface area (TPSA) is 114 Å². The van der Waals surface area contributed by atoms with Crippen molar-refractivity contribution in [2.75, 3.05) is 0 Å². The van der Waals surface area contributed by atoms with Gasteiger partial charge in [0.05, 0.1) is 9.79 Å². The Morgan fingerprint density at radius 1 is 0.392 bits per heavy atom. The van der Waals surface area contributed by atoms with Crippen LogP contribution in [0.1, 0.15) is 0 Å². The van der Waals surface area contributed by atoms with Gasteiger partial charge in [-0.05, 0) is 71.9 Å². The summed E-state index contributed by atoms with van der Waals surface area (Å²) in [4.78, 5) is -0.372. The fourth-order valence-corrected chi connectivity index (χ4v) is 10.6. The average Bonchev–Trinajstić information content (AvgIpc) is 3.11. The molecule has 0 unspecified atom stereocenters. The molecule has 6 aromatic carbocycles. The van der Waals surface area contributed by atoms with E-state index in [2.05, 4.69) is 0 Å². The van der Waals surface area contributed by atoms with Gasteiger partial charge in [-0.3, -0.25) is 0 Å². The largest absolute Gasteiger partial charge is 1.00 e. The predicted octanol–water partition coefficient (Wildman–Crippen LogP) is 0.0823. The van der Waals surface area contributed by atoms with Crippen molar-refractivity contribution in [2.24, 2.45) is 0 Å². The van der Waals surface area contributed by atoms with Crippen molar-refractivity contribution in [1.29, 1.82) is 0 Å². The summed E-state index contributed by atoms with van der Waals surface area (Å²) < 4.78 is 68.0. The van der Waals surface area contributed by atoms with Gasteiger partial charge in [0.25, 0.3) is 0 Å². The van der Waals surface area contributed by atoms with Crippen molar-refractivity contribution in [2.45, 2.75) is 9.79 Å². The monoisotopic (exact) mass is 904 g/mol. The van der Waals surface area contributed by atoms with Crippen molar-refractivity contribution >= 4 is 87.0 Å². The third-order valence-electron chi connectivity index (χ3n) is 6.79. The van der Waals surface area contributed by atoms with Crippen LogP contribution in [0.15, 0.2) is 180 Å². The quantitative estimate of drug-likeness (QED) is 0.122. The smallest absolute Gasteiger partial charge is 1.00 e. The van der Waals surface area contributed by atoms with Gasteiger partial charge in [-0.25, -0.2) is 16.8 Å². The van der Waals surface area contributed by atoms with Crippen LogP contribution in [-0.4, -0.2) is 25.9 Å². The molecule has 0 N–H and O–H groups in total. The minimum atomic E-state index is -4.46. The summed E-state index contributed by atoms with van der Waals surface area (Å²) in [6.07, 6.45) is 0. The molecule has 0 aromatic heterocycles. The SMILES string of the molecule is O=S(=O)([O-])c1cccc(P(c2ccccc2)c2ccccc2)c1.O=S(=O)([O-])c1cccc(P(c2ccccc2)c2ccccc2)c1.[Cl][Pd][Cl].[Na+].[Na+]. The van der Waals surface area contributed by atoms with E-state index in [0.717, 1.165) is 31.8 Å². The molecule has 0 fully saturated rings. The van der Waals surface area contributed by atoms with E-state index >= 15 is 0 Å². The molecule has 6 nitrogen and oxygen atoms in total. The molecule has 256 valence electrons. The number of hydrogen-bond donors (Lipinski definition) is 0. The summed E-state index contributed by atoms with van der Waals surface area (Å²) in [6.45, 7) is 0. The van der Waals surface area contributed by atoms with Crippen LogP contribution in [0.2, 0.25) is 0 Å². The maximum atomic E-state index is 11.3. The fourth-order valence-electron chi connectivity index (χ4n) is 4.76. The summed E-state index contributed by atoms with van der Waals surface area (Å²) in [7, 11) is -1.12. The zero-order valence-corrected chi connectivity index (χ0v) is 37.9. The molecule has 0 amide bonds. The Balaban J connectivity index is 0.000000317. The molecule has 0 atom stereocenters. The van der Waals surface area contributed by atoms with Gasteiger partial charge >= 0.3 is 94.1 Å². The zero-order valence-electron chi connectivity index (χ0n) is 27.4. The van der Waals surface area contributed by atoms with Crippen molar-refractivity contribution in [3.8, 4) is 0 Å². The van der Waals surface area contributed by atoms with Gasteiger partial charge in [0.1, 0.15) is 20.2 Å². The average molecular weight is 906 g/mol. The molecule has 0 spiro atoms. The van der Waals surface area contributed by atoms with Crippen LogP contribution in [0.3, 0.4) is 0 Å². The van der Waals surface area contributed by atoms with Crippen LogP contribution in [0, 0.1) is 0 Å². The van der Waals surface area contributed by atoms with Crippen molar-refractivity contribution in [3.63, 3.8) is 0 Å². The normalized spacial score (nSPS) is 10.9. The third-order valence-corrected chi connectivity index (χ3v) is 13.3. The van der Waals surface area contributed by atoms with E-state index in [4.69, 9.17) is 19.1 Å². The van der Waals surface area contributed by atoms with Crippen LogP contribution in [0.25, 0.3) is 0 Å². The Morgan fingerprint density at radius 2 is 0.608 bits per heavy atom. The van der Waals surface area contributed by atoms with E-state index in [0.29, 0.717) is 0 Å². The van der Waals surface area contributed by atoms with Gasteiger partial charge in [-0.15, -0.1) is 0 Å². The Labute approximate surface area is 363 Å². The number of hydrogen-bond acceptors (Lipinski definition) is 6. The minimum absolute atomic E-state index is 0. The van der Waals surface area contributed by atoms with E-state index < -0.39 is 36.1 Å². The molecule has 0 bridgehead atoms. The maximum Gasteiger partial charge on any atom is 1.00 e. The molecule has 0 aliphatic rings. The molecule has 15 heteroatoms. The molecule has 51 heavy (non-hydrogen) atoms. The van der Waals surface area contributed by atoms with Crippen LogP contribution in [0.5, 0.6) is 0 Å². The van der Waals surface area contributed by atoms with E-state index in [9.17, 15) is 25.9 Å². The molecule has 6 rings (SSSR count). The van der Waals surface area contributed by atoms with Crippen LogP contribution >= 0.6 is 34.9 Å². The molecular formula is C36H28Cl2Na2O6P2PdS2. The molecule has 0 heterocycles. The molecule has 0 radical (unpaired) electrons. The molecule has 0 aliphatic heterocycles. The van der Waals surface area contributed by atoms with Crippen molar-refractivity contribution in [3.05, 3.63) is 170 Å². The summed E-state index contributed by atoms with van der Waals surface area (Å²) in [5.41, 5.74) is 0. The first-order valence-electron chi connectivity index (χ1n) is 14.3. The van der Waals surface area contributed by atoms with Gasteiger partial charge in [-0.2, -0.15) is 0 Å². The van der Waals surface area contributed by atoms with Gasteiger partial charge in [0.15, 0.2) is 0 Å². The van der Waals surface area contributed by atoms with Crippen molar-refractivity contribution < 1.29 is 101 Å². The van der Waals surface area contributed by atoms with Gasteiger partial charge < -0.3 is 9.11 Å². The second-order valence-electron chi connectivity index (χ2n) is 9.96. The summed E-state index contributed by atoms with van der Waals surface area (Å²) in [5.74, 6) is 0. The van der Waals surface area contributed by atoms with Gasteiger partial charge in [0, 0.05) is 0 Å². The molecule has 0 aliphatic carbocycles. The Morgan fingerprint density at radius 3 is 0.824 bits per heavy atom. The second-order valence-corrected chi connectivity index (χ2v) is 19.5. The number of rotatable bonds is 8. The third kappa shape index (κ3) is 14.4.